The van der Waals surface area contributed by atoms with Crippen molar-refractivity contribution in [2.24, 2.45) is 5.92 Å². The van der Waals surface area contributed by atoms with E-state index < -0.39 is 0 Å². The summed E-state index contributed by atoms with van der Waals surface area (Å²) in [6.07, 6.45) is 11.1. The van der Waals surface area contributed by atoms with Crippen LogP contribution in [0.15, 0.2) is 0 Å². The van der Waals surface area contributed by atoms with Gasteiger partial charge in [-0.1, -0.05) is 52.9 Å². The molecule has 1 aliphatic carbocycles. The van der Waals surface area contributed by atoms with E-state index in [9.17, 15) is 4.79 Å². The van der Waals surface area contributed by atoms with Crippen LogP contribution in [0, 0.1) is 5.92 Å². The van der Waals surface area contributed by atoms with Gasteiger partial charge in [-0.15, -0.1) is 0 Å². The second kappa shape index (κ2) is 7.44. The Morgan fingerprint density at radius 3 is 2.40 bits per heavy atom. The van der Waals surface area contributed by atoms with Gasteiger partial charge in [-0.2, -0.15) is 0 Å². The van der Waals surface area contributed by atoms with Crippen molar-refractivity contribution >= 4 is 5.91 Å². The highest BCUT2D eigenvalue weighted by molar-refractivity contribution is 5.84. The maximum absolute atomic E-state index is 12.8. The average molecular weight is 280 g/mol. The lowest BCUT2D eigenvalue weighted by Crippen LogP contribution is -2.45. The predicted octanol–water partition coefficient (Wildman–Crippen LogP) is 3.68. The highest BCUT2D eigenvalue weighted by Gasteiger charge is 2.41. The first kappa shape index (κ1) is 15.8. The van der Waals surface area contributed by atoms with E-state index in [4.69, 9.17) is 0 Å². The molecule has 3 heteroatoms. The molecule has 1 amide bonds. The summed E-state index contributed by atoms with van der Waals surface area (Å²) < 4.78 is 0. The molecular weight excluding hydrogens is 248 g/mol. The van der Waals surface area contributed by atoms with E-state index in [1.54, 1.807) is 0 Å². The summed E-state index contributed by atoms with van der Waals surface area (Å²) in [5, 5.41) is 3.62. The molecule has 3 nitrogen and oxygen atoms in total. The van der Waals surface area contributed by atoms with Crippen LogP contribution in [0.25, 0.3) is 0 Å². The van der Waals surface area contributed by atoms with Gasteiger partial charge in [0.1, 0.15) is 0 Å². The minimum absolute atomic E-state index is 0.0759. The molecule has 2 atom stereocenters. The van der Waals surface area contributed by atoms with Crippen molar-refractivity contribution in [3.8, 4) is 0 Å². The van der Waals surface area contributed by atoms with E-state index in [1.807, 2.05) is 0 Å². The molecule has 0 bridgehead atoms. The molecule has 2 rings (SSSR count). The number of hydrogen-bond acceptors (Lipinski definition) is 2. The molecule has 116 valence electrons. The van der Waals surface area contributed by atoms with Crippen molar-refractivity contribution in [3.05, 3.63) is 0 Å². The van der Waals surface area contributed by atoms with Gasteiger partial charge in [0.2, 0.25) is 5.91 Å². The molecule has 2 aliphatic rings. The molecule has 1 saturated heterocycles. The van der Waals surface area contributed by atoms with E-state index in [-0.39, 0.29) is 12.2 Å². The lowest BCUT2D eigenvalue weighted by Gasteiger charge is -2.33. The van der Waals surface area contributed by atoms with Crippen LogP contribution in [0.2, 0.25) is 0 Å². The van der Waals surface area contributed by atoms with E-state index in [0.717, 1.165) is 19.3 Å². The van der Waals surface area contributed by atoms with Crippen molar-refractivity contribution in [2.75, 3.05) is 0 Å². The van der Waals surface area contributed by atoms with Gasteiger partial charge in [0.25, 0.3) is 0 Å². The number of rotatable bonds is 5. The number of carbonyl (C=O) groups is 1. The fraction of sp³-hybridized carbons (Fsp3) is 0.941. The largest absolute Gasteiger partial charge is 0.323 e. The van der Waals surface area contributed by atoms with Gasteiger partial charge in [0.15, 0.2) is 0 Å². The van der Waals surface area contributed by atoms with Crippen molar-refractivity contribution in [3.63, 3.8) is 0 Å². The van der Waals surface area contributed by atoms with Gasteiger partial charge in [-0.05, 0) is 31.6 Å². The maximum atomic E-state index is 12.8. The molecule has 0 spiro atoms. The number of nitrogens with one attached hydrogen (secondary N) is 1. The van der Waals surface area contributed by atoms with Gasteiger partial charge < -0.3 is 4.90 Å². The zero-order valence-corrected chi connectivity index (χ0v) is 13.5. The van der Waals surface area contributed by atoms with E-state index in [1.165, 1.54) is 38.5 Å². The number of amides is 1. The predicted molar refractivity (Wildman–Crippen MR) is 83.4 cm³/mol. The first-order valence-electron chi connectivity index (χ1n) is 8.71. The summed E-state index contributed by atoms with van der Waals surface area (Å²) >= 11 is 0. The molecular formula is C17H32N2O. The fourth-order valence-corrected chi connectivity index (χ4v) is 3.81. The molecule has 1 N–H and O–H groups in total. The van der Waals surface area contributed by atoms with Crippen molar-refractivity contribution in [1.29, 1.82) is 0 Å². The Morgan fingerprint density at radius 1 is 1.20 bits per heavy atom. The SMILES string of the molecule is CCCC1NC(CC(C)C)N(C2CCCCCC2)C1=O. The third-order valence-corrected chi connectivity index (χ3v) is 4.77. The van der Waals surface area contributed by atoms with Crippen molar-refractivity contribution in [1.82, 2.24) is 10.2 Å². The van der Waals surface area contributed by atoms with E-state index in [0.29, 0.717) is 17.9 Å². The average Bonchev–Trinajstić information content (AvgIpc) is 2.59. The van der Waals surface area contributed by atoms with Crippen LogP contribution in [0.3, 0.4) is 0 Å². The Bertz CT molecular complexity index is 308. The number of hydrogen-bond donors (Lipinski definition) is 1. The number of carbonyl (C=O) groups excluding carboxylic acids is 1. The highest BCUT2D eigenvalue weighted by Crippen LogP contribution is 2.29. The first-order valence-corrected chi connectivity index (χ1v) is 8.71. The molecule has 1 heterocycles. The monoisotopic (exact) mass is 280 g/mol. The zero-order chi connectivity index (χ0) is 14.5. The van der Waals surface area contributed by atoms with Crippen LogP contribution in [0.5, 0.6) is 0 Å². The summed E-state index contributed by atoms with van der Waals surface area (Å²) in [4.78, 5) is 15.0. The second-order valence-corrected chi connectivity index (χ2v) is 7.04. The first-order chi connectivity index (χ1) is 9.63. The van der Waals surface area contributed by atoms with E-state index >= 15 is 0 Å². The Morgan fingerprint density at radius 2 is 1.85 bits per heavy atom. The quantitative estimate of drug-likeness (QED) is 0.779. The van der Waals surface area contributed by atoms with Gasteiger partial charge in [-0.25, -0.2) is 0 Å². The molecule has 0 aromatic heterocycles. The Labute approximate surface area is 124 Å². The third kappa shape index (κ3) is 3.75. The summed E-state index contributed by atoms with van der Waals surface area (Å²) in [6, 6.07) is 0.565. The molecule has 2 fully saturated rings. The Hall–Kier alpha value is -0.570. The van der Waals surface area contributed by atoms with E-state index in [2.05, 4.69) is 31.0 Å². The number of nitrogens with zero attached hydrogens (tertiary/aromatic N) is 1. The van der Waals surface area contributed by atoms with Crippen LogP contribution in [-0.4, -0.2) is 29.1 Å². The summed E-state index contributed by atoms with van der Waals surface area (Å²) in [6.45, 7) is 6.68. The lowest BCUT2D eigenvalue weighted by atomic mass is 10.0. The normalized spacial score (nSPS) is 29.2. The van der Waals surface area contributed by atoms with Gasteiger partial charge in [-0.3, -0.25) is 10.1 Å². The van der Waals surface area contributed by atoms with Crippen LogP contribution >= 0.6 is 0 Å². The van der Waals surface area contributed by atoms with Crippen molar-refractivity contribution in [2.45, 2.75) is 96.8 Å². The topological polar surface area (TPSA) is 32.3 Å². The molecule has 1 saturated carbocycles. The minimum atomic E-state index is 0.0759. The zero-order valence-electron chi connectivity index (χ0n) is 13.5. The maximum Gasteiger partial charge on any atom is 0.241 e. The van der Waals surface area contributed by atoms with Crippen LogP contribution in [-0.2, 0) is 4.79 Å². The molecule has 0 aromatic rings. The molecule has 0 radical (unpaired) electrons. The second-order valence-electron chi connectivity index (χ2n) is 7.04. The Kier molecular flexibility index (Phi) is 5.88. The van der Waals surface area contributed by atoms with Crippen molar-refractivity contribution < 1.29 is 4.79 Å². The molecule has 20 heavy (non-hydrogen) atoms. The molecule has 2 unspecified atom stereocenters. The molecule has 0 aromatic carbocycles. The minimum Gasteiger partial charge on any atom is -0.323 e. The highest BCUT2D eigenvalue weighted by atomic mass is 16.2. The fourth-order valence-electron chi connectivity index (χ4n) is 3.81. The third-order valence-electron chi connectivity index (χ3n) is 4.77. The van der Waals surface area contributed by atoms with Crippen LogP contribution < -0.4 is 5.32 Å². The van der Waals surface area contributed by atoms with Crippen LogP contribution in [0.4, 0.5) is 0 Å². The summed E-state index contributed by atoms with van der Waals surface area (Å²) in [5.74, 6) is 1.01. The molecule has 1 aliphatic heterocycles. The van der Waals surface area contributed by atoms with Crippen LogP contribution in [0.1, 0.15) is 78.6 Å². The van der Waals surface area contributed by atoms with Gasteiger partial charge >= 0.3 is 0 Å². The lowest BCUT2D eigenvalue weighted by molar-refractivity contribution is -0.132. The smallest absolute Gasteiger partial charge is 0.241 e. The summed E-state index contributed by atoms with van der Waals surface area (Å²) in [5.41, 5.74) is 0. The standard InChI is InChI=1S/C17H32N2O/c1-4-9-15-17(20)19(16(18-15)12-13(2)3)14-10-7-5-6-8-11-14/h13-16,18H,4-12H2,1-3H3. The van der Waals surface area contributed by atoms with Gasteiger partial charge in [0, 0.05) is 6.04 Å². The summed E-state index contributed by atoms with van der Waals surface area (Å²) in [7, 11) is 0. The Balaban J connectivity index is 2.09. The van der Waals surface area contributed by atoms with Gasteiger partial charge in [0.05, 0.1) is 12.2 Å².